The van der Waals surface area contributed by atoms with Crippen LogP contribution in [0.4, 0.5) is 0 Å². The Kier molecular flexibility index (Phi) is 3.85. The van der Waals surface area contributed by atoms with Gasteiger partial charge >= 0.3 is 11.9 Å². The molecule has 0 saturated carbocycles. The Bertz CT molecular complexity index is 350. The minimum Gasteiger partial charge on any atom is -0.468 e. The lowest BCUT2D eigenvalue weighted by Crippen LogP contribution is -2.17. The third-order valence-corrected chi connectivity index (χ3v) is 2.00. The Labute approximate surface area is 87.9 Å². The van der Waals surface area contributed by atoms with E-state index in [-0.39, 0.29) is 0 Å². The molecule has 0 spiro atoms. The Balaban J connectivity index is 2.90. The molecular formula is C11H12O4. The average molecular weight is 208 g/mol. The second-order valence-corrected chi connectivity index (χ2v) is 2.91. The van der Waals surface area contributed by atoms with Crippen molar-refractivity contribution in [3.05, 3.63) is 36.0 Å². The zero-order valence-corrected chi connectivity index (χ0v) is 8.60. The van der Waals surface area contributed by atoms with Crippen LogP contribution in [0.5, 0.6) is 0 Å². The molecule has 4 heteroatoms. The van der Waals surface area contributed by atoms with Crippen LogP contribution in [0.1, 0.15) is 0 Å². The summed E-state index contributed by atoms with van der Waals surface area (Å²) in [6.45, 7) is 0. The molecule has 0 aliphatic heterocycles. The maximum absolute atomic E-state index is 11.3. The van der Waals surface area contributed by atoms with Crippen molar-refractivity contribution in [3.8, 4) is 0 Å². The summed E-state index contributed by atoms with van der Waals surface area (Å²) in [5, 5.41) is 0. The summed E-state index contributed by atoms with van der Waals surface area (Å²) in [6.07, 6.45) is 8.10. The predicted molar refractivity (Wildman–Crippen MR) is 53.9 cm³/mol. The van der Waals surface area contributed by atoms with E-state index in [9.17, 15) is 9.59 Å². The number of esters is 2. The Hall–Kier alpha value is -1.84. The van der Waals surface area contributed by atoms with E-state index >= 15 is 0 Å². The van der Waals surface area contributed by atoms with Crippen LogP contribution in [0.3, 0.4) is 0 Å². The maximum Gasteiger partial charge on any atom is 0.330 e. The fraction of sp³-hybridized carbons (Fsp3) is 0.273. The summed E-state index contributed by atoms with van der Waals surface area (Å²) in [5.41, 5.74) is 0.566. The molecule has 0 aromatic carbocycles. The van der Waals surface area contributed by atoms with E-state index in [0.717, 1.165) is 0 Å². The summed E-state index contributed by atoms with van der Waals surface area (Å²) < 4.78 is 9.11. The van der Waals surface area contributed by atoms with Crippen LogP contribution in [-0.4, -0.2) is 26.2 Å². The molecule has 0 fully saturated rings. The normalized spacial score (nSPS) is 21.5. The van der Waals surface area contributed by atoms with Crippen molar-refractivity contribution in [2.24, 2.45) is 5.92 Å². The van der Waals surface area contributed by atoms with Gasteiger partial charge in [0.25, 0.3) is 0 Å². The summed E-state index contributed by atoms with van der Waals surface area (Å²) >= 11 is 0. The van der Waals surface area contributed by atoms with Crippen molar-refractivity contribution in [1.29, 1.82) is 0 Å². The van der Waals surface area contributed by atoms with Gasteiger partial charge in [-0.3, -0.25) is 4.79 Å². The van der Waals surface area contributed by atoms with Crippen molar-refractivity contribution >= 4 is 11.9 Å². The Morgan fingerprint density at radius 2 is 2.00 bits per heavy atom. The van der Waals surface area contributed by atoms with E-state index in [1.54, 1.807) is 24.3 Å². The van der Waals surface area contributed by atoms with Gasteiger partial charge < -0.3 is 9.47 Å². The molecular weight excluding hydrogens is 196 g/mol. The first-order valence-corrected chi connectivity index (χ1v) is 4.41. The van der Waals surface area contributed by atoms with Gasteiger partial charge in [0.15, 0.2) is 0 Å². The quantitative estimate of drug-likeness (QED) is 0.502. The molecule has 1 aliphatic carbocycles. The van der Waals surface area contributed by atoms with E-state index in [0.29, 0.717) is 5.57 Å². The minimum absolute atomic E-state index is 0.397. The third kappa shape index (κ3) is 2.80. The van der Waals surface area contributed by atoms with Crippen molar-refractivity contribution in [2.75, 3.05) is 14.2 Å². The highest BCUT2D eigenvalue weighted by Gasteiger charge is 2.21. The fourth-order valence-electron chi connectivity index (χ4n) is 1.23. The van der Waals surface area contributed by atoms with E-state index in [2.05, 4.69) is 9.47 Å². The summed E-state index contributed by atoms with van der Waals surface area (Å²) in [5.74, 6) is -1.41. The first kappa shape index (κ1) is 11.2. The second kappa shape index (κ2) is 5.14. The highest BCUT2D eigenvalue weighted by atomic mass is 16.5. The zero-order chi connectivity index (χ0) is 11.3. The van der Waals surface area contributed by atoms with Gasteiger partial charge in [0, 0.05) is 6.08 Å². The van der Waals surface area contributed by atoms with Crippen molar-refractivity contribution in [2.45, 2.75) is 0 Å². The van der Waals surface area contributed by atoms with Gasteiger partial charge in [-0.1, -0.05) is 24.3 Å². The monoisotopic (exact) mass is 208 g/mol. The van der Waals surface area contributed by atoms with Gasteiger partial charge in [-0.05, 0) is 5.57 Å². The van der Waals surface area contributed by atoms with Crippen molar-refractivity contribution in [3.63, 3.8) is 0 Å². The summed E-state index contributed by atoms with van der Waals surface area (Å²) in [7, 11) is 2.60. The van der Waals surface area contributed by atoms with Crippen LogP contribution in [-0.2, 0) is 19.1 Å². The molecule has 15 heavy (non-hydrogen) atoms. The maximum atomic E-state index is 11.3. The molecule has 1 atom stereocenters. The van der Waals surface area contributed by atoms with Crippen LogP contribution in [0, 0.1) is 5.92 Å². The highest BCUT2D eigenvalue weighted by Crippen LogP contribution is 2.20. The number of ether oxygens (including phenoxy) is 2. The highest BCUT2D eigenvalue weighted by molar-refractivity contribution is 5.87. The fourth-order valence-corrected chi connectivity index (χ4v) is 1.23. The third-order valence-electron chi connectivity index (χ3n) is 2.00. The first-order valence-electron chi connectivity index (χ1n) is 4.41. The predicted octanol–water partition coefficient (Wildman–Crippen LogP) is 1.00. The van der Waals surface area contributed by atoms with Crippen LogP contribution >= 0.6 is 0 Å². The van der Waals surface area contributed by atoms with E-state index in [1.807, 2.05) is 0 Å². The molecule has 0 heterocycles. The van der Waals surface area contributed by atoms with Gasteiger partial charge in [0.1, 0.15) is 5.92 Å². The Morgan fingerprint density at radius 1 is 1.27 bits per heavy atom. The molecule has 0 saturated heterocycles. The summed E-state index contributed by atoms with van der Waals surface area (Å²) in [4.78, 5) is 22.4. The number of carbonyl (C=O) groups is 2. The average Bonchev–Trinajstić information content (AvgIpc) is 2.28. The van der Waals surface area contributed by atoms with Gasteiger partial charge in [-0.15, -0.1) is 0 Å². The minimum atomic E-state index is -0.529. The smallest absolute Gasteiger partial charge is 0.330 e. The number of carbonyl (C=O) groups excluding carboxylic acids is 2. The lowest BCUT2D eigenvalue weighted by Gasteiger charge is -2.13. The topological polar surface area (TPSA) is 52.6 Å². The Morgan fingerprint density at radius 3 is 2.60 bits per heavy atom. The molecule has 1 unspecified atom stereocenters. The number of allylic oxidation sites excluding steroid dienone is 3. The molecule has 0 N–H and O–H groups in total. The zero-order valence-electron chi connectivity index (χ0n) is 8.60. The van der Waals surface area contributed by atoms with Crippen LogP contribution in [0.25, 0.3) is 0 Å². The van der Waals surface area contributed by atoms with Gasteiger partial charge in [-0.25, -0.2) is 4.79 Å². The van der Waals surface area contributed by atoms with Crippen molar-refractivity contribution in [1.82, 2.24) is 0 Å². The van der Waals surface area contributed by atoms with Crippen LogP contribution in [0.15, 0.2) is 36.0 Å². The largest absolute Gasteiger partial charge is 0.468 e. The molecule has 0 bridgehead atoms. The van der Waals surface area contributed by atoms with Gasteiger partial charge in [0.05, 0.1) is 14.2 Å². The van der Waals surface area contributed by atoms with Crippen LogP contribution in [0.2, 0.25) is 0 Å². The van der Waals surface area contributed by atoms with Crippen LogP contribution < -0.4 is 0 Å². The standard InChI is InChI=1S/C11H12O4/c1-14-10(12)7-8-5-3-4-6-9(8)11(13)15-2/h3-7,9H,1-2H3. The molecule has 1 rings (SSSR count). The second-order valence-electron chi connectivity index (χ2n) is 2.91. The lowest BCUT2D eigenvalue weighted by molar-refractivity contribution is -0.142. The molecule has 1 aliphatic rings. The number of methoxy groups -OCH3 is 2. The van der Waals surface area contributed by atoms with Crippen molar-refractivity contribution < 1.29 is 19.1 Å². The van der Waals surface area contributed by atoms with Gasteiger partial charge in [-0.2, -0.15) is 0 Å². The van der Waals surface area contributed by atoms with E-state index < -0.39 is 17.9 Å². The SMILES string of the molecule is COC(=O)C=C1C=CC=CC1C(=O)OC. The molecule has 0 aromatic rings. The van der Waals surface area contributed by atoms with E-state index in [1.165, 1.54) is 20.3 Å². The molecule has 0 radical (unpaired) electrons. The lowest BCUT2D eigenvalue weighted by atomic mass is 9.94. The number of hydrogen-bond acceptors (Lipinski definition) is 4. The molecule has 0 amide bonds. The van der Waals surface area contributed by atoms with Gasteiger partial charge in [0.2, 0.25) is 0 Å². The first-order chi connectivity index (χ1) is 7.19. The molecule has 4 nitrogen and oxygen atoms in total. The molecule has 80 valence electrons. The number of hydrogen-bond donors (Lipinski definition) is 0. The number of rotatable bonds is 2. The summed E-state index contributed by atoms with van der Waals surface area (Å²) in [6, 6.07) is 0. The van der Waals surface area contributed by atoms with E-state index in [4.69, 9.17) is 0 Å². The molecule has 0 aromatic heterocycles.